The van der Waals surface area contributed by atoms with Crippen LogP contribution in [0.25, 0.3) is 0 Å². The van der Waals surface area contributed by atoms with Crippen molar-refractivity contribution in [3.63, 3.8) is 0 Å². The third-order valence-electron chi connectivity index (χ3n) is 3.68. The molecule has 1 aromatic heterocycles. The Morgan fingerprint density at radius 1 is 1.40 bits per heavy atom. The molecule has 20 heavy (non-hydrogen) atoms. The van der Waals surface area contributed by atoms with Crippen molar-refractivity contribution in [2.24, 2.45) is 0 Å². The molecule has 1 amide bonds. The molecule has 110 valence electrons. The largest absolute Gasteiger partial charge is 0.480 e. The molecule has 6 heteroatoms. The Labute approximate surface area is 117 Å². The first-order valence-corrected chi connectivity index (χ1v) is 6.93. The number of piperidine rings is 1. The van der Waals surface area contributed by atoms with Gasteiger partial charge in [0.15, 0.2) is 5.76 Å². The van der Waals surface area contributed by atoms with Crippen molar-refractivity contribution < 1.29 is 19.2 Å². The Balaban J connectivity index is 2.34. The van der Waals surface area contributed by atoms with Gasteiger partial charge in [-0.15, -0.1) is 0 Å². The predicted octanol–water partition coefficient (Wildman–Crippen LogP) is 2.19. The summed E-state index contributed by atoms with van der Waals surface area (Å²) in [6.07, 6.45) is 2.17. The van der Waals surface area contributed by atoms with Crippen molar-refractivity contribution in [3.05, 3.63) is 17.0 Å². The maximum atomic E-state index is 12.7. The molecule has 2 heterocycles. The van der Waals surface area contributed by atoms with E-state index in [0.29, 0.717) is 30.0 Å². The summed E-state index contributed by atoms with van der Waals surface area (Å²) in [7, 11) is 0. The van der Waals surface area contributed by atoms with E-state index in [0.717, 1.165) is 12.8 Å². The minimum atomic E-state index is -0.946. The van der Waals surface area contributed by atoms with Gasteiger partial charge >= 0.3 is 5.97 Å². The molecule has 2 rings (SSSR count). The van der Waals surface area contributed by atoms with E-state index in [1.54, 1.807) is 6.92 Å². The molecular formula is C14H20N2O4. The number of hydrogen-bond acceptors (Lipinski definition) is 4. The molecule has 1 atom stereocenters. The summed E-state index contributed by atoms with van der Waals surface area (Å²) in [5, 5.41) is 13.1. The third-order valence-corrected chi connectivity index (χ3v) is 3.68. The van der Waals surface area contributed by atoms with Gasteiger partial charge in [0.25, 0.3) is 5.91 Å². The zero-order chi connectivity index (χ0) is 14.9. The number of aryl methyl sites for hydroxylation is 1. The molecule has 0 radical (unpaired) electrons. The van der Waals surface area contributed by atoms with Gasteiger partial charge in [0.05, 0.1) is 5.69 Å². The normalized spacial score (nSPS) is 19.4. The highest BCUT2D eigenvalue weighted by Crippen LogP contribution is 2.27. The van der Waals surface area contributed by atoms with E-state index in [2.05, 4.69) is 5.16 Å². The number of carbonyl (C=O) groups is 2. The van der Waals surface area contributed by atoms with Gasteiger partial charge in [0.1, 0.15) is 11.6 Å². The van der Waals surface area contributed by atoms with Crippen molar-refractivity contribution in [2.75, 3.05) is 6.54 Å². The lowest BCUT2D eigenvalue weighted by Gasteiger charge is -2.33. The van der Waals surface area contributed by atoms with Gasteiger partial charge in [-0.2, -0.15) is 0 Å². The number of carbonyl (C=O) groups excluding carboxylic acids is 1. The Morgan fingerprint density at radius 2 is 2.10 bits per heavy atom. The number of rotatable bonds is 3. The molecule has 0 unspecified atom stereocenters. The van der Waals surface area contributed by atoms with Gasteiger partial charge in [-0.3, -0.25) is 4.79 Å². The van der Waals surface area contributed by atoms with Crippen molar-refractivity contribution in [1.29, 1.82) is 0 Å². The number of carboxylic acid groups (broad SMARTS) is 1. The predicted molar refractivity (Wildman–Crippen MR) is 71.6 cm³/mol. The van der Waals surface area contributed by atoms with E-state index >= 15 is 0 Å². The molecule has 0 aliphatic carbocycles. The number of hydrogen-bond donors (Lipinski definition) is 1. The fourth-order valence-electron chi connectivity index (χ4n) is 2.62. The Morgan fingerprint density at radius 3 is 2.70 bits per heavy atom. The van der Waals surface area contributed by atoms with Gasteiger partial charge in [0.2, 0.25) is 0 Å². The lowest BCUT2D eigenvalue weighted by atomic mass is 9.98. The summed E-state index contributed by atoms with van der Waals surface area (Å²) in [5.74, 6) is -0.664. The minimum absolute atomic E-state index is 0.0308. The van der Waals surface area contributed by atoms with Crippen LogP contribution in [0.4, 0.5) is 0 Å². The van der Waals surface area contributed by atoms with Crippen molar-refractivity contribution in [1.82, 2.24) is 10.1 Å². The maximum Gasteiger partial charge on any atom is 0.326 e. The first kappa shape index (κ1) is 14.6. The summed E-state index contributed by atoms with van der Waals surface area (Å²) in [6, 6.07) is -0.745. The number of likely N-dealkylation sites (tertiary alicyclic amines) is 1. The number of carboxylic acids is 1. The summed E-state index contributed by atoms with van der Waals surface area (Å²) < 4.78 is 5.22. The third kappa shape index (κ3) is 2.55. The number of amides is 1. The standard InChI is InChI=1S/C14H20N2O4/c1-8(2)12-11(9(3)15-20-12)13(17)16-7-5-4-6-10(16)14(18)19/h8,10H,4-7H2,1-3H3,(H,18,19)/t10-/m1/s1. The van der Waals surface area contributed by atoms with Gasteiger partial charge in [-0.05, 0) is 26.2 Å². The van der Waals surface area contributed by atoms with Gasteiger partial charge in [-0.25, -0.2) is 4.79 Å². The van der Waals surface area contributed by atoms with Crippen LogP contribution in [0.15, 0.2) is 4.52 Å². The molecule has 1 fully saturated rings. The van der Waals surface area contributed by atoms with E-state index in [4.69, 9.17) is 4.52 Å². The fraction of sp³-hybridized carbons (Fsp3) is 0.643. The van der Waals surface area contributed by atoms with Crippen LogP contribution in [0.5, 0.6) is 0 Å². The number of aromatic nitrogens is 1. The summed E-state index contributed by atoms with van der Waals surface area (Å²) in [6.45, 7) is 6.02. The smallest absolute Gasteiger partial charge is 0.326 e. The molecule has 0 bridgehead atoms. The van der Waals surface area contributed by atoms with E-state index < -0.39 is 12.0 Å². The number of aliphatic carboxylic acids is 1. The second-order valence-electron chi connectivity index (χ2n) is 5.51. The molecule has 0 aromatic carbocycles. The van der Waals surface area contributed by atoms with E-state index in [9.17, 15) is 14.7 Å². The quantitative estimate of drug-likeness (QED) is 0.917. The van der Waals surface area contributed by atoms with Crippen molar-refractivity contribution in [3.8, 4) is 0 Å². The Kier molecular flexibility index (Phi) is 4.11. The summed E-state index contributed by atoms with van der Waals surface area (Å²) in [5.41, 5.74) is 0.946. The average molecular weight is 280 g/mol. The fourth-order valence-corrected chi connectivity index (χ4v) is 2.62. The molecule has 1 aliphatic rings. The number of nitrogens with zero attached hydrogens (tertiary/aromatic N) is 2. The summed E-state index contributed by atoms with van der Waals surface area (Å²) >= 11 is 0. The molecule has 1 aliphatic heterocycles. The minimum Gasteiger partial charge on any atom is -0.480 e. The van der Waals surface area contributed by atoms with Crippen LogP contribution < -0.4 is 0 Å². The zero-order valence-corrected chi connectivity index (χ0v) is 12.0. The average Bonchev–Trinajstić information content (AvgIpc) is 2.80. The molecule has 1 N–H and O–H groups in total. The second-order valence-corrected chi connectivity index (χ2v) is 5.51. The van der Waals surface area contributed by atoms with Crippen molar-refractivity contribution >= 4 is 11.9 Å². The maximum absolute atomic E-state index is 12.7. The molecule has 0 spiro atoms. The van der Waals surface area contributed by atoms with Gasteiger partial charge in [-0.1, -0.05) is 19.0 Å². The highest BCUT2D eigenvalue weighted by atomic mass is 16.5. The first-order chi connectivity index (χ1) is 9.43. The summed E-state index contributed by atoms with van der Waals surface area (Å²) in [4.78, 5) is 25.4. The molecule has 1 aromatic rings. The van der Waals surface area contributed by atoms with Crippen LogP contribution in [-0.4, -0.2) is 39.6 Å². The Bertz CT molecular complexity index is 521. The van der Waals surface area contributed by atoms with Crippen LogP contribution >= 0.6 is 0 Å². The lowest BCUT2D eigenvalue weighted by Crippen LogP contribution is -2.48. The van der Waals surface area contributed by atoms with E-state index in [1.807, 2.05) is 13.8 Å². The Hall–Kier alpha value is -1.85. The SMILES string of the molecule is Cc1noc(C(C)C)c1C(=O)N1CCCC[C@@H]1C(=O)O. The van der Waals surface area contributed by atoms with E-state index in [-0.39, 0.29) is 11.8 Å². The van der Waals surface area contributed by atoms with Gasteiger partial charge < -0.3 is 14.5 Å². The first-order valence-electron chi connectivity index (χ1n) is 6.93. The topological polar surface area (TPSA) is 83.6 Å². The molecular weight excluding hydrogens is 260 g/mol. The highest BCUT2D eigenvalue weighted by molar-refractivity contribution is 5.98. The zero-order valence-electron chi connectivity index (χ0n) is 12.0. The molecule has 0 saturated carbocycles. The second kappa shape index (κ2) is 5.64. The molecule has 6 nitrogen and oxygen atoms in total. The van der Waals surface area contributed by atoms with Crippen LogP contribution in [0.1, 0.15) is 60.8 Å². The van der Waals surface area contributed by atoms with Crippen LogP contribution in [0.3, 0.4) is 0 Å². The van der Waals surface area contributed by atoms with Gasteiger partial charge in [0, 0.05) is 12.5 Å². The lowest BCUT2D eigenvalue weighted by molar-refractivity contribution is -0.143. The van der Waals surface area contributed by atoms with Crippen LogP contribution in [0, 0.1) is 6.92 Å². The van der Waals surface area contributed by atoms with Crippen LogP contribution in [-0.2, 0) is 4.79 Å². The van der Waals surface area contributed by atoms with E-state index in [1.165, 1.54) is 4.90 Å². The van der Waals surface area contributed by atoms with Crippen molar-refractivity contribution in [2.45, 2.75) is 52.0 Å². The molecule has 1 saturated heterocycles. The van der Waals surface area contributed by atoms with Crippen LogP contribution in [0.2, 0.25) is 0 Å². The monoisotopic (exact) mass is 280 g/mol. The highest BCUT2D eigenvalue weighted by Gasteiger charge is 2.35.